The van der Waals surface area contributed by atoms with Gasteiger partial charge < -0.3 is 9.80 Å². The van der Waals surface area contributed by atoms with E-state index in [-0.39, 0.29) is 22.7 Å². The molecule has 2 aromatic carbocycles. The summed E-state index contributed by atoms with van der Waals surface area (Å²) in [5.41, 5.74) is 2.16. The molecule has 0 aliphatic carbocycles. The highest BCUT2D eigenvalue weighted by atomic mass is 19.1. The van der Waals surface area contributed by atoms with Crippen LogP contribution < -0.4 is 0 Å². The molecule has 2 aliphatic heterocycles. The van der Waals surface area contributed by atoms with E-state index in [4.69, 9.17) is 0 Å². The Labute approximate surface area is 182 Å². The molecule has 2 fully saturated rings. The molecule has 3 aromatic rings. The van der Waals surface area contributed by atoms with Gasteiger partial charge in [0.05, 0.1) is 0 Å². The third-order valence-electron chi connectivity index (χ3n) is 6.92. The Morgan fingerprint density at radius 3 is 2.71 bits per heavy atom. The second kappa shape index (κ2) is 8.39. The molecule has 1 atom stereocenters. The molecule has 0 unspecified atom stereocenters. The van der Waals surface area contributed by atoms with Gasteiger partial charge in [0.1, 0.15) is 17.0 Å². The minimum Gasteiger partial charge on any atom is -0.337 e. The maximum atomic E-state index is 14.1. The fraction of sp³-hybridized carbons (Fsp3) is 0.385. The Balaban J connectivity index is 1.25. The summed E-state index contributed by atoms with van der Waals surface area (Å²) in [4.78, 5) is 22.0. The number of fused-ring (bicyclic) bond motifs is 1. The maximum absolute atomic E-state index is 14.1. The van der Waals surface area contributed by atoms with E-state index in [1.165, 1.54) is 24.5 Å². The number of nitrogens with zero attached hydrogens (tertiary/aromatic N) is 3. The number of rotatable bonds is 4. The smallest absolute Gasteiger partial charge is 0.272 e. The highest BCUT2D eigenvalue weighted by Gasteiger charge is 2.43. The van der Waals surface area contributed by atoms with Crippen molar-refractivity contribution >= 4 is 16.8 Å². The van der Waals surface area contributed by atoms with Crippen molar-refractivity contribution in [2.75, 3.05) is 32.7 Å². The normalized spacial score (nSPS) is 21.8. The van der Waals surface area contributed by atoms with Crippen molar-refractivity contribution in [3.05, 3.63) is 77.7 Å². The van der Waals surface area contributed by atoms with Gasteiger partial charge in [-0.15, -0.1) is 0 Å². The Morgan fingerprint density at radius 2 is 1.84 bits per heavy atom. The van der Waals surface area contributed by atoms with Crippen LogP contribution in [-0.2, 0) is 6.42 Å². The zero-order valence-corrected chi connectivity index (χ0v) is 17.8. The van der Waals surface area contributed by atoms with E-state index in [2.05, 4.69) is 40.2 Å². The monoisotopic (exact) mass is 417 g/mol. The van der Waals surface area contributed by atoms with Crippen LogP contribution in [0.1, 0.15) is 35.3 Å². The summed E-state index contributed by atoms with van der Waals surface area (Å²) in [5, 5.41) is 0.718. The van der Waals surface area contributed by atoms with Gasteiger partial charge in [-0.2, -0.15) is 0 Å². The molecule has 0 N–H and O–H groups in total. The number of carbonyl (C=O) groups is 1. The van der Waals surface area contributed by atoms with Crippen LogP contribution in [0, 0.1) is 11.2 Å². The molecular weight excluding hydrogens is 389 g/mol. The van der Waals surface area contributed by atoms with Gasteiger partial charge in [0.25, 0.3) is 5.91 Å². The van der Waals surface area contributed by atoms with Crippen LogP contribution in [0.2, 0.25) is 0 Å². The first-order valence-corrected chi connectivity index (χ1v) is 11.2. The highest BCUT2D eigenvalue weighted by molar-refractivity contribution is 5.95. The van der Waals surface area contributed by atoms with E-state index in [9.17, 15) is 9.18 Å². The molecule has 0 bridgehead atoms. The van der Waals surface area contributed by atoms with Crippen LogP contribution in [0.25, 0.3) is 10.9 Å². The summed E-state index contributed by atoms with van der Waals surface area (Å²) >= 11 is 0. The Morgan fingerprint density at radius 1 is 0.968 bits per heavy atom. The standard InChI is InChI=1S/C26H28FN3O/c27-22-9-4-8-21-10-11-23(28-24(21)22)25(31)30-17-14-26(19-30)13-5-15-29(18-26)16-12-20-6-2-1-3-7-20/h1-4,6-11H,5,12-19H2/t26-/m1/s1. The summed E-state index contributed by atoms with van der Waals surface area (Å²) in [6, 6.07) is 19.0. The molecular formula is C26H28FN3O. The third-order valence-corrected chi connectivity index (χ3v) is 6.92. The summed E-state index contributed by atoms with van der Waals surface area (Å²) in [6.45, 7) is 4.76. The number of hydrogen-bond acceptors (Lipinski definition) is 3. The molecule has 0 saturated carbocycles. The zero-order chi connectivity index (χ0) is 21.3. The van der Waals surface area contributed by atoms with Gasteiger partial charge in [0, 0.05) is 37.0 Å². The van der Waals surface area contributed by atoms with Crippen molar-refractivity contribution in [1.29, 1.82) is 0 Å². The number of amides is 1. The quantitative estimate of drug-likeness (QED) is 0.625. The molecule has 0 radical (unpaired) electrons. The van der Waals surface area contributed by atoms with Crippen LogP contribution in [0.15, 0.2) is 60.7 Å². The molecule has 1 aromatic heterocycles. The van der Waals surface area contributed by atoms with Crippen molar-refractivity contribution < 1.29 is 9.18 Å². The van der Waals surface area contributed by atoms with Crippen LogP contribution in [0.3, 0.4) is 0 Å². The van der Waals surface area contributed by atoms with Crippen LogP contribution in [0.5, 0.6) is 0 Å². The summed E-state index contributed by atoms with van der Waals surface area (Å²) < 4.78 is 14.1. The molecule has 3 heterocycles. The number of hydrogen-bond donors (Lipinski definition) is 0. The highest BCUT2D eigenvalue weighted by Crippen LogP contribution is 2.39. The first-order valence-electron chi connectivity index (χ1n) is 11.2. The fourth-order valence-corrected chi connectivity index (χ4v) is 5.27. The third kappa shape index (κ3) is 4.19. The summed E-state index contributed by atoms with van der Waals surface area (Å²) in [7, 11) is 0. The molecule has 5 rings (SSSR count). The molecule has 160 valence electrons. The van der Waals surface area contributed by atoms with E-state index in [0.717, 1.165) is 51.0 Å². The van der Waals surface area contributed by atoms with Crippen LogP contribution in [0.4, 0.5) is 4.39 Å². The van der Waals surface area contributed by atoms with E-state index in [1.807, 2.05) is 11.0 Å². The number of carbonyl (C=O) groups excluding carboxylic acids is 1. The Bertz CT molecular complexity index is 1090. The molecule has 2 saturated heterocycles. The van der Waals surface area contributed by atoms with Crippen LogP contribution in [-0.4, -0.2) is 53.4 Å². The zero-order valence-electron chi connectivity index (χ0n) is 17.8. The lowest BCUT2D eigenvalue weighted by atomic mass is 9.79. The molecule has 1 spiro atoms. The number of likely N-dealkylation sites (tertiary alicyclic amines) is 2. The van der Waals surface area contributed by atoms with E-state index in [1.54, 1.807) is 18.2 Å². The number of benzene rings is 2. The fourth-order valence-electron chi connectivity index (χ4n) is 5.27. The predicted molar refractivity (Wildman–Crippen MR) is 120 cm³/mol. The van der Waals surface area contributed by atoms with Gasteiger partial charge in [-0.1, -0.05) is 48.5 Å². The lowest BCUT2D eigenvalue weighted by Crippen LogP contribution is -2.46. The molecule has 31 heavy (non-hydrogen) atoms. The van der Waals surface area contributed by atoms with Crippen LogP contribution >= 0.6 is 0 Å². The first kappa shape index (κ1) is 20.1. The van der Waals surface area contributed by atoms with E-state index < -0.39 is 0 Å². The average molecular weight is 418 g/mol. The lowest BCUT2D eigenvalue weighted by Gasteiger charge is -2.40. The second-order valence-corrected chi connectivity index (χ2v) is 9.10. The summed E-state index contributed by atoms with van der Waals surface area (Å²) in [5.74, 6) is -0.463. The van der Waals surface area contributed by atoms with Crippen molar-refractivity contribution in [2.45, 2.75) is 25.7 Å². The van der Waals surface area contributed by atoms with Gasteiger partial charge in [-0.3, -0.25) is 4.79 Å². The molecule has 2 aliphatic rings. The summed E-state index contributed by atoms with van der Waals surface area (Å²) in [6.07, 6.45) is 4.43. The van der Waals surface area contributed by atoms with E-state index >= 15 is 0 Å². The van der Waals surface area contributed by atoms with Gasteiger partial charge in [0.15, 0.2) is 0 Å². The predicted octanol–water partition coefficient (Wildman–Crippen LogP) is 4.54. The topological polar surface area (TPSA) is 36.4 Å². The number of piperidine rings is 1. The molecule has 4 nitrogen and oxygen atoms in total. The number of para-hydroxylation sites is 1. The molecule has 5 heteroatoms. The average Bonchev–Trinajstić information content (AvgIpc) is 3.21. The first-order chi connectivity index (χ1) is 15.1. The Hall–Kier alpha value is -2.79. The van der Waals surface area contributed by atoms with Gasteiger partial charge in [-0.25, -0.2) is 9.37 Å². The minimum absolute atomic E-state index is 0.0802. The number of aromatic nitrogens is 1. The number of halogens is 1. The SMILES string of the molecule is O=C(c1ccc2cccc(F)c2n1)N1CC[C@@]2(CCCN(CCc3ccccc3)C2)C1. The largest absolute Gasteiger partial charge is 0.337 e. The van der Waals surface area contributed by atoms with Crippen molar-refractivity contribution in [3.8, 4) is 0 Å². The van der Waals surface area contributed by atoms with Crippen molar-refractivity contribution in [2.24, 2.45) is 5.41 Å². The van der Waals surface area contributed by atoms with Crippen molar-refractivity contribution in [1.82, 2.24) is 14.8 Å². The lowest BCUT2D eigenvalue weighted by molar-refractivity contribution is 0.0688. The second-order valence-electron chi connectivity index (χ2n) is 9.10. The minimum atomic E-state index is -0.383. The van der Waals surface area contributed by atoms with Gasteiger partial charge in [0.2, 0.25) is 0 Å². The van der Waals surface area contributed by atoms with Gasteiger partial charge >= 0.3 is 0 Å². The van der Waals surface area contributed by atoms with E-state index in [0.29, 0.717) is 5.69 Å². The van der Waals surface area contributed by atoms with Gasteiger partial charge in [-0.05, 0) is 49.9 Å². The number of pyridine rings is 1. The van der Waals surface area contributed by atoms with Crippen molar-refractivity contribution in [3.63, 3.8) is 0 Å². The Kier molecular flexibility index (Phi) is 5.45. The molecule has 1 amide bonds. The maximum Gasteiger partial charge on any atom is 0.272 e.